The van der Waals surface area contributed by atoms with Crippen molar-refractivity contribution in [2.45, 2.75) is 39.8 Å². The van der Waals surface area contributed by atoms with Crippen molar-refractivity contribution < 1.29 is 14.3 Å². The molecule has 0 unspecified atom stereocenters. The maximum absolute atomic E-state index is 15.8. The molecule has 12 heteroatoms. The van der Waals surface area contributed by atoms with E-state index in [0.29, 0.717) is 16.8 Å². The Labute approximate surface area is 251 Å². The van der Waals surface area contributed by atoms with Gasteiger partial charge in [0, 0.05) is 69.0 Å². The van der Waals surface area contributed by atoms with Gasteiger partial charge in [0.25, 0.3) is 5.91 Å². The van der Waals surface area contributed by atoms with Gasteiger partial charge in [0.05, 0.1) is 34.9 Å². The maximum Gasteiger partial charge on any atom is 0.261 e. The molecular formula is C31H42FN9O2. The molecule has 0 bridgehead atoms. The van der Waals surface area contributed by atoms with E-state index in [2.05, 4.69) is 55.2 Å². The number of pyridine rings is 1. The Kier molecular flexibility index (Phi) is 8.55. The number of aliphatic hydroxyl groups is 1. The summed E-state index contributed by atoms with van der Waals surface area (Å²) in [6.45, 7) is 13.0. The molecule has 43 heavy (non-hydrogen) atoms. The Hall–Kier alpha value is -3.87. The normalized spacial score (nSPS) is 14.7. The Morgan fingerprint density at radius 2 is 1.84 bits per heavy atom. The molecule has 0 atom stereocenters. The van der Waals surface area contributed by atoms with E-state index in [0.717, 1.165) is 56.2 Å². The van der Waals surface area contributed by atoms with Crippen molar-refractivity contribution in [1.82, 2.24) is 34.1 Å². The van der Waals surface area contributed by atoms with E-state index in [9.17, 15) is 9.90 Å². The van der Waals surface area contributed by atoms with Crippen LogP contribution in [0.2, 0.25) is 0 Å². The number of halogens is 1. The molecular weight excluding hydrogens is 549 g/mol. The second kappa shape index (κ2) is 12.0. The quantitative estimate of drug-likeness (QED) is 0.306. The minimum absolute atomic E-state index is 0.0761. The van der Waals surface area contributed by atoms with E-state index in [1.165, 1.54) is 6.07 Å². The molecule has 230 valence electrons. The number of benzene rings is 1. The number of amides is 1. The van der Waals surface area contributed by atoms with Crippen molar-refractivity contribution in [2.24, 2.45) is 7.05 Å². The number of nitrogens with one attached hydrogen (secondary N) is 1. The summed E-state index contributed by atoms with van der Waals surface area (Å²) in [6.07, 6.45) is 1.55. The van der Waals surface area contributed by atoms with Gasteiger partial charge in [-0.25, -0.2) is 14.4 Å². The predicted molar refractivity (Wildman–Crippen MR) is 167 cm³/mol. The number of carbonyl (C=O) groups is 1. The highest BCUT2D eigenvalue weighted by atomic mass is 19.1. The zero-order valence-corrected chi connectivity index (χ0v) is 26.1. The summed E-state index contributed by atoms with van der Waals surface area (Å²) in [5.41, 5.74) is 3.12. The number of hydrogen-bond donors (Lipinski definition) is 2. The van der Waals surface area contributed by atoms with Gasteiger partial charge in [-0.05, 0) is 66.1 Å². The van der Waals surface area contributed by atoms with Gasteiger partial charge in [-0.3, -0.25) is 19.7 Å². The Morgan fingerprint density at radius 1 is 1.12 bits per heavy atom. The van der Waals surface area contributed by atoms with Crippen LogP contribution >= 0.6 is 0 Å². The molecule has 2 N–H and O–H groups in total. The average molecular weight is 592 g/mol. The Bertz CT molecular complexity index is 1630. The lowest BCUT2D eigenvalue weighted by Gasteiger charge is -2.36. The fourth-order valence-corrected chi connectivity index (χ4v) is 5.42. The van der Waals surface area contributed by atoms with Crippen LogP contribution in [0.4, 0.5) is 16.0 Å². The largest absolute Gasteiger partial charge is 0.389 e. The van der Waals surface area contributed by atoms with Crippen LogP contribution in [0.25, 0.3) is 22.3 Å². The van der Waals surface area contributed by atoms with E-state index in [-0.39, 0.29) is 23.8 Å². The van der Waals surface area contributed by atoms with Crippen molar-refractivity contribution in [3.05, 3.63) is 53.2 Å². The highest BCUT2D eigenvalue weighted by Crippen LogP contribution is 2.30. The van der Waals surface area contributed by atoms with Gasteiger partial charge in [-0.2, -0.15) is 5.10 Å². The number of hydrogen-bond acceptors (Lipinski definition) is 8. The lowest BCUT2D eigenvalue weighted by Crippen LogP contribution is -2.48. The summed E-state index contributed by atoms with van der Waals surface area (Å²) in [7, 11) is 5.95. The van der Waals surface area contributed by atoms with E-state index in [1.54, 1.807) is 43.3 Å². The molecule has 1 fully saturated rings. The number of imidazole rings is 1. The van der Waals surface area contributed by atoms with Crippen LogP contribution in [0, 0.1) is 19.7 Å². The standard InChI is InChI=1S/C31H42FN9O2/c1-20-16-23(27(32)28(34-20)24-18-33-38(7)21(24)2)29(42)36-30-35-25-9-8-22(17-26(25)41(30)19-31(3,4)43)40-14-12-39(13-15-40)11-10-37(5)6/h8-9,16-18,43H,10-15,19H2,1-7H3,(H,35,36,42). The number of piperazine rings is 1. The van der Waals surface area contributed by atoms with E-state index >= 15 is 4.39 Å². The molecule has 1 aromatic carbocycles. The van der Waals surface area contributed by atoms with Gasteiger partial charge in [-0.1, -0.05) is 0 Å². The number of aromatic nitrogens is 5. The number of aryl methyl sites for hydroxylation is 2. The van der Waals surface area contributed by atoms with Crippen molar-refractivity contribution in [3.8, 4) is 11.3 Å². The monoisotopic (exact) mass is 591 g/mol. The molecule has 0 aliphatic carbocycles. The third-order valence-corrected chi connectivity index (χ3v) is 7.92. The lowest BCUT2D eigenvalue weighted by atomic mass is 10.1. The van der Waals surface area contributed by atoms with Crippen molar-refractivity contribution >= 4 is 28.6 Å². The van der Waals surface area contributed by atoms with E-state index < -0.39 is 17.3 Å². The van der Waals surface area contributed by atoms with Crippen LogP contribution in [0.3, 0.4) is 0 Å². The topological polar surface area (TPSA) is 108 Å². The first kappa shape index (κ1) is 30.6. The number of likely N-dealkylation sites (N-methyl/N-ethyl adjacent to an activating group) is 1. The molecule has 1 saturated heterocycles. The summed E-state index contributed by atoms with van der Waals surface area (Å²) in [5.74, 6) is -1.13. The Balaban J connectivity index is 1.44. The first-order valence-electron chi connectivity index (χ1n) is 14.6. The minimum atomic E-state index is -1.09. The fraction of sp³-hybridized carbons (Fsp3) is 0.484. The molecule has 0 radical (unpaired) electrons. The lowest BCUT2D eigenvalue weighted by molar-refractivity contribution is 0.0630. The van der Waals surface area contributed by atoms with Crippen molar-refractivity contribution in [2.75, 3.05) is 63.6 Å². The van der Waals surface area contributed by atoms with E-state index in [4.69, 9.17) is 0 Å². The SMILES string of the molecule is Cc1cc(C(=O)Nc2nc3ccc(N4CCN(CCN(C)C)CC4)cc3n2CC(C)(C)O)c(F)c(-c2cnn(C)c2C)n1. The van der Waals surface area contributed by atoms with Gasteiger partial charge in [0.1, 0.15) is 5.69 Å². The molecule has 5 rings (SSSR count). The van der Waals surface area contributed by atoms with Crippen LogP contribution in [0.5, 0.6) is 0 Å². The first-order chi connectivity index (χ1) is 20.3. The molecule has 0 spiro atoms. The minimum Gasteiger partial charge on any atom is -0.389 e. The zero-order chi connectivity index (χ0) is 31.1. The average Bonchev–Trinajstić information content (AvgIpc) is 3.45. The number of anilines is 2. The third-order valence-electron chi connectivity index (χ3n) is 7.92. The summed E-state index contributed by atoms with van der Waals surface area (Å²) in [4.78, 5) is 29.6. The number of carbonyl (C=O) groups excluding carboxylic acids is 1. The van der Waals surface area contributed by atoms with Gasteiger partial charge < -0.3 is 19.5 Å². The molecule has 1 aliphatic rings. The summed E-state index contributed by atoms with van der Waals surface area (Å²) >= 11 is 0. The number of rotatable bonds is 9. The molecule has 11 nitrogen and oxygen atoms in total. The first-order valence-corrected chi connectivity index (χ1v) is 14.6. The van der Waals surface area contributed by atoms with Crippen molar-refractivity contribution in [1.29, 1.82) is 0 Å². The highest BCUT2D eigenvalue weighted by Gasteiger charge is 2.26. The maximum atomic E-state index is 15.8. The summed E-state index contributed by atoms with van der Waals surface area (Å²) in [6, 6.07) is 7.46. The van der Waals surface area contributed by atoms with Gasteiger partial charge in [-0.15, -0.1) is 0 Å². The van der Waals surface area contributed by atoms with Crippen LogP contribution < -0.4 is 10.2 Å². The van der Waals surface area contributed by atoms with Gasteiger partial charge >= 0.3 is 0 Å². The molecule has 1 amide bonds. The van der Waals surface area contributed by atoms with Gasteiger partial charge in [0.15, 0.2) is 5.82 Å². The summed E-state index contributed by atoms with van der Waals surface area (Å²) < 4.78 is 19.2. The zero-order valence-electron chi connectivity index (χ0n) is 26.1. The number of nitrogens with zero attached hydrogens (tertiary/aromatic N) is 8. The van der Waals surface area contributed by atoms with Crippen LogP contribution in [-0.2, 0) is 13.6 Å². The Morgan fingerprint density at radius 3 is 2.47 bits per heavy atom. The van der Waals surface area contributed by atoms with Crippen LogP contribution in [0.15, 0.2) is 30.5 Å². The molecule has 0 saturated carbocycles. The fourth-order valence-electron chi connectivity index (χ4n) is 5.42. The number of fused-ring (bicyclic) bond motifs is 1. The second-order valence-electron chi connectivity index (χ2n) is 12.3. The molecule has 4 heterocycles. The van der Waals surface area contributed by atoms with Gasteiger partial charge in [0.2, 0.25) is 5.95 Å². The van der Waals surface area contributed by atoms with Crippen LogP contribution in [0.1, 0.15) is 35.6 Å². The second-order valence-corrected chi connectivity index (χ2v) is 12.3. The van der Waals surface area contributed by atoms with Crippen molar-refractivity contribution in [3.63, 3.8) is 0 Å². The van der Waals surface area contributed by atoms with E-state index in [1.807, 2.05) is 19.1 Å². The van der Waals surface area contributed by atoms with Crippen LogP contribution in [-0.4, -0.2) is 104 Å². The predicted octanol–water partition coefficient (Wildman–Crippen LogP) is 3.29. The molecule has 1 aliphatic heterocycles. The summed E-state index contributed by atoms with van der Waals surface area (Å²) in [5, 5.41) is 17.8. The highest BCUT2D eigenvalue weighted by molar-refractivity contribution is 6.05. The molecule has 3 aromatic heterocycles. The smallest absolute Gasteiger partial charge is 0.261 e. The molecule has 4 aromatic rings. The third kappa shape index (κ3) is 6.71.